The standard InChI is InChI=1S/C24H23F3N6O2/c1-28-31-24(35-14-23(26)27)17-6-7-18(30-12-17)13-33(15-34)22-10-20(25)19(9-21(22)32(2)3)16-5-4-8-29-11-16/h4-12,15,23H,1,13-14H2,2-3H3/b31-24-. The Morgan fingerprint density at radius 3 is 2.57 bits per heavy atom. The van der Waals surface area contributed by atoms with Gasteiger partial charge in [0.25, 0.3) is 6.43 Å². The molecule has 2 aromatic heterocycles. The van der Waals surface area contributed by atoms with Crippen molar-refractivity contribution in [1.29, 1.82) is 0 Å². The smallest absolute Gasteiger partial charge is 0.272 e. The first-order valence-corrected chi connectivity index (χ1v) is 10.4. The molecule has 0 saturated carbocycles. The van der Waals surface area contributed by atoms with Gasteiger partial charge in [-0.15, -0.1) is 5.10 Å². The molecule has 1 amide bonds. The van der Waals surface area contributed by atoms with Crippen molar-refractivity contribution in [2.24, 2.45) is 10.2 Å². The van der Waals surface area contributed by atoms with Crippen molar-refractivity contribution >= 4 is 30.4 Å². The SMILES string of the molecule is C=N/N=C(\OCC(F)F)c1ccc(CN(C=O)c2cc(F)c(-c3cccnc3)cc2N(C)C)nc1. The van der Waals surface area contributed by atoms with Crippen LogP contribution in [0.4, 0.5) is 24.5 Å². The molecule has 0 unspecified atom stereocenters. The topological polar surface area (TPSA) is 83.3 Å². The van der Waals surface area contributed by atoms with Crippen LogP contribution in [0.2, 0.25) is 0 Å². The van der Waals surface area contributed by atoms with E-state index in [-0.39, 0.29) is 12.4 Å². The Kier molecular flexibility index (Phi) is 8.49. The van der Waals surface area contributed by atoms with Gasteiger partial charge in [-0.1, -0.05) is 6.07 Å². The third-order valence-electron chi connectivity index (χ3n) is 4.87. The maximum atomic E-state index is 15.1. The van der Waals surface area contributed by atoms with Crippen LogP contribution in [0.1, 0.15) is 11.3 Å². The molecule has 0 fully saturated rings. The number of pyridine rings is 2. The minimum Gasteiger partial charge on any atom is -0.470 e. The number of nitrogens with zero attached hydrogens (tertiary/aromatic N) is 6. The molecule has 1 aromatic carbocycles. The first-order chi connectivity index (χ1) is 16.8. The lowest BCUT2D eigenvalue weighted by atomic mass is 10.0. The molecule has 3 rings (SSSR count). The number of aromatic nitrogens is 2. The van der Waals surface area contributed by atoms with E-state index in [1.165, 1.54) is 17.2 Å². The largest absolute Gasteiger partial charge is 0.470 e. The Hall–Kier alpha value is -4.28. The Morgan fingerprint density at radius 2 is 2.00 bits per heavy atom. The quantitative estimate of drug-likeness (QED) is 0.187. The van der Waals surface area contributed by atoms with Crippen molar-refractivity contribution in [3.8, 4) is 11.1 Å². The van der Waals surface area contributed by atoms with E-state index in [0.29, 0.717) is 40.2 Å². The van der Waals surface area contributed by atoms with Crippen LogP contribution in [0, 0.1) is 5.82 Å². The third-order valence-corrected chi connectivity index (χ3v) is 4.87. The van der Waals surface area contributed by atoms with Gasteiger partial charge in [-0.3, -0.25) is 14.8 Å². The van der Waals surface area contributed by atoms with Gasteiger partial charge in [0.05, 0.1) is 29.2 Å². The Balaban J connectivity index is 1.89. The van der Waals surface area contributed by atoms with Crippen molar-refractivity contribution in [3.05, 3.63) is 72.1 Å². The molecule has 0 atom stereocenters. The molecule has 0 bridgehead atoms. The van der Waals surface area contributed by atoms with Crippen LogP contribution in [-0.2, 0) is 16.1 Å². The summed E-state index contributed by atoms with van der Waals surface area (Å²) < 4.78 is 45.0. The zero-order chi connectivity index (χ0) is 25.4. The van der Waals surface area contributed by atoms with Crippen molar-refractivity contribution in [2.45, 2.75) is 13.0 Å². The van der Waals surface area contributed by atoms with Crippen LogP contribution in [0.25, 0.3) is 11.1 Å². The first-order valence-electron chi connectivity index (χ1n) is 10.4. The van der Waals surface area contributed by atoms with Gasteiger partial charge >= 0.3 is 0 Å². The highest BCUT2D eigenvalue weighted by Gasteiger charge is 2.19. The zero-order valence-electron chi connectivity index (χ0n) is 19.1. The van der Waals surface area contributed by atoms with Gasteiger partial charge in [0.2, 0.25) is 12.3 Å². The number of hydrogen-bond acceptors (Lipinski definition) is 7. The zero-order valence-corrected chi connectivity index (χ0v) is 19.1. The summed E-state index contributed by atoms with van der Waals surface area (Å²) in [6.07, 6.45) is 2.41. The van der Waals surface area contributed by atoms with E-state index in [1.54, 1.807) is 61.7 Å². The molecule has 0 aliphatic carbocycles. The second-order valence-corrected chi connectivity index (χ2v) is 7.48. The Bertz CT molecular complexity index is 1190. The molecule has 35 heavy (non-hydrogen) atoms. The van der Waals surface area contributed by atoms with E-state index in [2.05, 4.69) is 26.9 Å². The number of anilines is 2. The summed E-state index contributed by atoms with van der Waals surface area (Å²) in [5.74, 6) is -0.669. The molecule has 0 radical (unpaired) electrons. The molecule has 0 aliphatic rings. The number of carbonyl (C=O) groups excluding carboxylic acids is 1. The fourth-order valence-electron chi connectivity index (χ4n) is 3.26. The highest BCUT2D eigenvalue weighted by atomic mass is 19.3. The molecule has 2 heterocycles. The van der Waals surface area contributed by atoms with Gasteiger partial charge in [0, 0.05) is 56.6 Å². The monoisotopic (exact) mass is 484 g/mol. The fourth-order valence-corrected chi connectivity index (χ4v) is 3.26. The fraction of sp³-hybridized carbons (Fsp3) is 0.208. The molecule has 182 valence electrons. The average molecular weight is 484 g/mol. The van der Waals surface area contributed by atoms with E-state index >= 15 is 4.39 Å². The molecule has 0 saturated heterocycles. The number of alkyl halides is 2. The van der Waals surface area contributed by atoms with Crippen molar-refractivity contribution in [1.82, 2.24) is 9.97 Å². The minimum atomic E-state index is -2.69. The Morgan fingerprint density at radius 1 is 1.20 bits per heavy atom. The summed E-state index contributed by atoms with van der Waals surface area (Å²) in [4.78, 5) is 23.4. The highest BCUT2D eigenvalue weighted by molar-refractivity contribution is 5.94. The second kappa shape index (κ2) is 11.7. The summed E-state index contributed by atoms with van der Waals surface area (Å²) in [5.41, 5.74) is 2.68. The highest BCUT2D eigenvalue weighted by Crippen LogP contribution is 2.35. The summed E-state index contributed by atoms with van der Waals surface area (Å²) in [7, 11) is 3.57. The van der Waals surface area contributed by atoms with Gasteiger partial charge in [0.1, 0.15) is 5.82 Å². The first kappa shape index (κ1) is 25.3. The van der Waals surface area contributed by atoms with E-state index < -0.39 is 18.8 Å². The maximum absolute atomic E-state index is 15.1. The lowest BCUT2D eigenvalue weighted by molar-refractivity contribution is -0.107. The molecule has 0 spiro atoms. The predicted octanol–water partition coefficient (Wildman–Crippen LogP) is 4.16. The third kappa shape index (κ3) is 6.40. The molecule has 8 nitrogen and oxygen atoms in total. The van der Waals surface area contributed by atoms with Crippen LogP contribution in [0.5, 0.6) is 0 Å². The van der Waals surface area contributed by atoms with E-state index in [9.17, 15) is 13.6 Å². The van der Waals surface area contributed by atoms with Crippen LogP contribution < -0.4 is 9.80 Å². The van der Waals surface area contributed by atoms with Crippen molar-refractivity contribution in [2.75, 3.05) is 30.5 Å². The van der Waals surface area contributed by atoms with Gasteiger partial charge in [-0.2, -0.15) is 5.10 Å². The van der Waals surface area contributed by atoms with Crippen LogP contribution in [0.15, 0.2) is 65.2 Å². The van der Waals surface area contributed by atoms with Gasteiger partial charge in [-0.05, 0) is 24.3 Å². The second-order valence-electron chi connectivity index (χ2n) is 7.48. The summed E-state index contributed by atoms with van der Waals surface area (Å²) in [6, 6.07) is 9.52. The number of amides is 1. The molecular weight excluding hydrogens is 461 g/mol. The number of benzene rings is 1. The van der Waals surface area contributed by atoms with Crippen LogP contribution in [-0.4, -0.2) is 56.1 Å². The minimum absolute atomic E-state index is 0.0281. The summed E-state index contributed by atoms with van der Waals surface area (Å²) in [6.45, 7) is 2.37. The van der Waals surface area contributed by atoms with Gasteiger partial charge < -0.3 is 14.5 Å². The summed E-state index contributed by atoms with van der Waals surface area (Å²) in [5, 5.41) is 6.93. The predicted molar refractivity (Wildman–Crippen MR) is 128 cm³/mol. The molecule has 3 aromatic rings. The molecule has 0 N–H and O–H groups in total. The lowest BCUT2D eigenvalue weighted by Gasteiger charge is -2.25. The van der Waals surface area contributed by atoms with Gasteiger partial charge in [0.15, 0.2) is 6.61 Å². The number of rotatable bonds is 10. The molecule has 0 aliphatic heterocycles. The Labute approximate surface area is 200 Å². The van der Waals surface area contributed by atoms with Crippen molar-refractivity contribution in [3.63, 3.8) is 0 Å². The molecule has 11 heteroatoms. The van der Waals surface area contributed by atoms with Crippen LogP contribution in [0.3, 0.4) is 0 Å². The van der Waals surface area contributed by atoms with E-state index in [0.717, 1.165) is 0 Å². The van der Waals surface area contributed by atoms with Gasteiger partial charge in [-0.25, -0.2) is 13.2 Å². The number of carbonyl (C=O) groups is 1. The number of ether oxygens (including phenoxy) is 1. The normalized spacial score (nSPS) is 11.3. The van der Waals surface area contributed by atoms with E-state index in [4.69, 9.17) is 4.74 Å². The van der Waals surface area contributed by atoms with E-state index in [1.807, 2.05) is 0 Å². The maximum Gasteiger partial charge on any atom is 0.272 e. The lowest BCUT2D eigenvalue weighted by Crippen LogP contribution is -2.24. The van der Waals surface area contributed by atoms with Crippen LogP contribution >= 0.6 is 0 Å². The molecular formula is C24H23F3N6O2. The van der Waals surface area contributed by atoms with Crippen molar-refractivity contribution < 1.29 is 22.7 Å². The number of hydrogen-bond donors (Lipinski definition) is 0. The summed E-state index contributed by atoms with van der Waals surface area (Å²) >= 11 is 0. The number of halogens is 3. The average Bonchev–Trinajstić information content (AvgIpc) is 2.85.